The van der Waals surface area contributed by atoms with E-state index in [1.165, 1.54) is 29.7 Å². The van der Waals surface area contributed by atoms with Gasteiger partial charge >= 0.3 is 0 Å². The van der Waals surface area contributed by atoms with Crippen molar-refractivity contribution in [3.05, 3.63) is 103 Å². The highest BCUT2D eigenvalue weighted by molar-refractivity contribution is 7.14. The third-order valence-electron chi connectivity index (χ3n) is 9.14. The predicted molar refractivity (Wildman–Crippen MR) is 182 cm³/mol. The Morgan fingerprint density at radius 2 is 1.83 bits per heavy atom. The van der Waals surface area contributed by atoms with E-state index in [0.717, 1.165) is 53.2 Å². The van der Waals surface area contributed by atoms with Crippen LogP contribution in [0.3, 0.4) is 0 Å². The molecule has 46 heavy (non-hydrogen) atoms. The van der Waals surface area contributed by atoms with Crippen LogP contribution in [0.25, 0.3) is 11.1 Å². The van der Waals surface area contributed by atoms with Crippen LogP contribution in [-0.4, -0.2) is 75.6 Å². The molecule has 2 amide bonds. The molecule has 2 N–H and O–H groups in total. The van der Waals surface area contributed by atoms with Crippen LogP contribution >= 0.6 is 11.3 Å². The van der Waals surface area contributed by atoms with Crippen LogP contribution in [-0.2, 0) is 26.3 Å². The minimum atomic E-state index is -0.106. The second-order valence-corrected chi connectivity index (χ2v) is 13.4. The molecule has 0 spiro atoms. The molecule has 1 aliphatic heterocycles. The summed E-state index contributed by atoms with van der Waals surface area (Å²) in [4.78, 5) is 50.1. The second kappa shape index (κ2) is 14.1. The van der Waals surface area contributed by atoms with Crippen molar-refractivity contribution in [3.63, 3.8) is 0 Å². The fourth-order valence-corrected chi connectivity index (χ4v) is 7.60. The van der Waals surface area contributed by atoms with Crippen LogP contribution in [0.1, 0.15) is 66.6 Å². The van der Waals surface area contributed by atoms with Gasteiger partial charge in [0.2, 0.25) is 0 Å². The van der Waals surface area contributed by atoms with Crippen LogP contribution in [0.15, 0.2) is 59.7 Å². The van der Waals surface area contributed by atoms with Gasteiger partial charge in [-0.3, -0.25) is 24.3 Å². The Morgan fingerprint density at radius 3 is 2.59 bits per heavy atom. The Labute approximate surface area is 273 Å². The average Bonchev–Trinajstić information content (AvgIpc) is 3.35. The van der Waals surface area contributed by atoms with Crippen LogP contribution < -0.4 is 10.9 Å². The van der Waals surface area contributed by atoms with Gasteiger partial charge in [-0.25, -0.2) is 0 Å². The molecule has 0 saturated carbocycles. The number of anilines is 1. The van der Waals surface area contributed by atoms with Gasteiger partial charge in [0, 0.05) is 80.4 Å². The molecule has 0 bridgehead atoms. The fraction of sp³-hybridized carbons (Fsp3) is 0.389. The Morgan fingerprint density at radius 1 is 1.02 bits per heavy atom. The Kier molecular flexibility index (Phi) is 9.77. The first-order valence-corrected chi connectivity index (χ1v) is 16.9. The topological polar surface area (TPSA) is 108 Å². The lowest BCUT2D eigenvalue weighted by Gasteiger charge is -2.34. The quantitative estimate of drug-likeness (QED) is 0.271. The molecule has 4 aromatic rings. The minimum Gasteiger partial charge on any atom is -0.395 e. The number of aliphatic hydroxyl groups excluding tert-OH is 1. The maximum atomic E-state index is 13.3. The molecule has 9 nitrogen and oxygen atoms in total. The molecule has 6 rings (SSSR count). The zero-order valence-electron chi connectivity index (χ0n) is 26.6. The lowest BCUT2D eigenvalue weighted by atomic mass is 9.98. The molecule has 240 valence electrons. The average molecular weight is 640 g/mol. The van der Waals surface area contributed by atoms with Gasteiger partial charge in [-0.05, 0) is 85.2 Å². The van der Waals surface area contributed by atoms with Gasteiger partial charge in [0.05, 0.1) is 17.0 Å². The number of benzene rings is 1. The summed E-state index contributed by atoms with van der Waals surface area (Å²) in [7, 11) is 1.74. The molecular weight excluding hydrogens is 598 g/mol. The van der Waals surface area contributed by atoms with Crippen molar-refractivity contribution in [2.45, 2.75) is 45.4 Å². The van der Waals surface area contributed by atoms with Crippen molar-refractivity contribution in [1.82, 2.24) is 19.4 Å². The number of nitrogens with one attached hydrogen (secondary N) is 1. The normalized spacial score (nSPS) is 15.3. The molecule has 1 aliphatic carbocycles. The van der Waals surface area contributed by atoms with E-state index in [4.69, 9.17) is 5.11 Å². The Bertz CT molecular complexity index is 1760. The van der Waals surface area contributed by atoms with E-state index >= 15 is 0 Å². The van der Waals surface area contributed by atoms with E-state index < -0.39 is 0 Å². The van der Waals surface area contributed by atoms with Crippen LogP contribution in [0.2, 0.25) is 0 Å². The summed E-state index contributed by atoms with van der Waals surface area (Å²) in [5.74, 6) is -0.145. The van der Waals surface area contributed by atoms with Gasteiger partial charge in [0.25, 0.3) is 17.4 Å². The van der Waals surface area contributed by atoms with Crippen LogP contribution in [0.5, 0.6) is 0 Å². The summed E-state index contributed by atoms with van der Waals surface area (Å²) in [6.45, 7) is 5.44. The summed E-state index contributed by atoms with van der Waals surface area (Å²) < 4.78 is 1.59. The van der Waals surface area contributed by atoms with Crippen molar-refractivity contribution in [2.24, 2.45) is 7.05 Å². The minimum absolute atomic E-state index is 0.0582. The number of thiophene rings is 1. The van der Waals surface area contributed by atoms with Crippen molar-refractivity contribution >= 4 is 28.8 Å². The van der Waals surface area contributed by atoms with Crippen molar-refractivity contribution in [3.8, 4) is 11.1 Å². The van der Waals surface area contributed by atoms with E-state index in [2.05, 4.69) is 21.3 Å². The zero-order valence-corrected chi connectivity index (χ0v) is 27.4. The van der Waals surface area contributed by atoms with E-state index in [1.54, 1.807) is 35.2 Å². The maximum Gasteiger partial charge on any atom is 0.265 e. The number of carbonyl (C=O) groups excluding carboxylic acids is 2. The third-order valence-corrected chi connectivity index (χ3v) is 10.4. The molecule has 1 aromatic carbocycles. The number of fused-ring (bicyclic) bond motifs is 1. The number of carbonyl (C=O) groups is 2. The highest BCUT2D eigenvalue weighted by Gasteiger charge is 2.22. The largest absolute Gasteiger partial charge is 0.395 e. The fourth-order valence-electron chi connectivity index (χ4n) is 6.45. The number of β-amino-alcohol motifs (C(OH)–C–C–N with tert-alkyl or cyclic N) is 1. The van der Waals surface area contributed by atoms with Gasteiger partial charge in [-0.2, -0.15) is 0 Å². The number of aryl methyl sites for hydroxylation is 3. The van der Waals surface area contributed by atoms with Crippen LogP contribution in [0, 0.1) is 6.92 Å². The number of hydrogen-bond donors (Lipinski definition) is 2. The molecular formula is C36H41N5O4S. The highest BCUT2D eigenvalue weighted by atomic mass is 32.1. The summed E-state index contributed by atoms with van der Waals surface area (Å²) in [5, 5.41) is 12.3. The number of rotatable bonds is 8. The standard InChI is InChI=1S/C36H41N5O4S/c1-24-30(8-6-9-31(24)38-34(43)33-21-25-7-4-3-5-10-32(25)46-33)28-19-27(35(44)39(2)23-28)20-29-12-11-26(22-37-29)36(45)41-15-13-40(14-16-41)17-18-42/h6,8-9,11-12,19,21-23,42H,3-5,7,10,13-18,20H2,1-2H3,(H,38,43). The van der Waals surface area contributed by atoms with Crippen molar-refractivity contribution < 1.29 is 14.7 Å². The van der Waals surface area contributed by atoms with E-state index in [1.807, 2.05) is 48.4 Å². The molecule has 1 fully saturated rings. The molecule has 10 heteroatoms. The first-order valence-electron chi connectivity index (χ1n) is 16.1. The molecule has 4 heterocycles. The third kappa shape index (κ3) is 6.99. The van der Waals surface area contributed by atoms with Crippen molar-refractivity contribution in [1.29, 1.82) is 0 Å². The number of piperazine rings is 1. The SMILES string of the molecule is Cc1c(NC(=O)c2cc3c(s2)CCCCC3)cccc1-c1cc(Cc2ccc(C(=O)N3CCN(CCO)CC3)cn2)c(=O)n(C)c1. The Hall–Kier alpha value is -4.12. The first kappa shape index (κ1) is 31.8. The summed E-state index contributed by atoms with van der Waals surface area (Å²) in [6.07, 6.45) is 9.46. The lowest BCUT2D eigenvalue weighted by Crippen LogP contribution is -2.49. The highest BCUT2D eigenvalue weighted by Crippen LogP contribution is 2.32. The van der Waals surface area contributed by atoms with Crippen molar-refractivity contribution in [2.75, 3.05) is 44.6 Å². The number of nitrogens with zero attached hydrogens (tertiary/aromatic N) is 4. The van der Waals surface area contributed by atoms with Gasteiger partial charge < -0.3 is 19.9 Å². The number of pyridine rings is 2. The monoisotopic (exact) mass is 639 g/mol. The molecule has 0 atom stereocenters. The lowest BCUT2D eigenvalue weighted by molar-refractivity contribution is 0.0614. The number of aromatic nitrogens is 2. The number of amides is 2. The van der Waals surface area contributed by atoms with Gasteiger partial charge in [-0.15, -0.1) is 11.3 Å². The maximum absolute atomic E-state index is 13.3. The Balaban J connectivity index is 1.17. The molecule has 0 radical (unpaired) electrons. The van der Waals surface area contributed by atoms with Gasteiger partial charge in [-0.1, -0.05) is 18.6 Å². The summed E-state index contributed by atoms with van der Waals surface area (Å²) in [5.41, 5.74) is 6.52. The van der Waals surface area contributed by atoms with E-state index in [9.17, 15) is 14.4 Å². The smallest absolute Gasteiger partial charge is 0.265 e. The van der Waals surface area contributed by atoms with Gasteiger partial charge in [0.1, 0.15) is 0 Å². The van der Waals surface area contributed by atoms with E-state index in [-0.39, 0.29) is 24.0 Å². The molecule has 3 aromatic heterocycles. The van der Waals surface area contributed by atoms with E-state index in [0.29, 0.717) is 42.9 Å². The molecule has 2 aliphatic rings. The number of hydrogen-bond acceptors (Lipinski definition) is 7. The molecule has 1 saturated heterocycles. The summed E-state index contributed by atoms with van der Waals surface area (Å²) >= 11 is 1.61. The molecule has 0 unspecified atom stereocenters. The van der Waals surface area contributed by atoms with Crippen LogP contribution in [0.4, 0.5) is 5.69 Å². The first-order chi connectivity index (χ1) is 22.3. The zero-order chi connectivity index (χ0) is 32.2. The second-order valence-electron chi connectivity index (χ2n) is 12.3. The summed E-state index contributed by atoms with van der Waals surface area (Å²) in [6, 6.07) is 13.4. The van der Waals surface area contributed by atoms with Gasteiger partial charge in [0.15, 0.2) is 0 Å². The number of aliphatic hydroxyl groups is 1. The predicted octanol–water partition coefficient (Wildman–Crippen LogP) is 4.68.